The van der Waals surface area contributed by atoms with Crippen LogP contribution in [0.3, 0.4) is 0 Å². The van der Waals surface area contributed by atoms with Gasteiger partial charge in [-0.3, -0.25) is 9.52 Å². The summed E-state index contributed by atoms with van der Waals surface area (Å²) in [5.74, 6) is -2.71. The number of pyridine rings is 1. The zero-order valence-corrected chi connectivity index (χ0v) is 17.9. The van der Waals surface area contributed by atoms with Gasteiger partial charge in [0, 0.05) is 18.2 Å². The Balaban J connectivity index is 2.10. The summed E-state index contributed by atoms with van der Waals surface area (Å²) in [7, 11) is -3.71. The van der Waals surface area contributed by atoms with Crippen molar-refractivity contribution < 1.29 is 48.7 Å². The highest BCUT2D eigenvalue weighted by atomic mass is 32.2. The molecule has 0 aliphatic heterocycles. The lowest BCUT2D eigenvalue weighted by atomic mass is 10.2. The summed E-state index contributed by atoms with van der Waals surface area (Å²) in [5.41, 5.74) is -1.88. The molecular weight excluding hydrogens is 499 g/mol. The van der Waals surface area contributed by atoms with Gasteiger partial charge in [0.25, 0.3) is 0 Å². The predicted molar refractivity (Wildman–Crippen MR) is 107 cm³/mol. The first-order chi connectivity index (χ1) is 15.5. The number of aromatic nitrogens is 1. The van der Waals surface area contributed by atoms with E-state index in [9.17, 15) is 43.9 Å². The van der Waals surface area contributed by atoms with E-state index in [2.05, 4.69) is 15.0 Å². The Morgan fingerprint density at radius 3 is 2.35 bits per heavy atom. The summed E-state index contributed by atoms with van der Waals surface area (Å²) in [4.78, 5) is 15.0. The fraction of sp³-hybridized carbons (Fsp3) is 0.263. The van der Waals surface area contributed by atoms with Crippen molar-refractivity contribution in [2.45, 2.75) is 18.9 Å². The second-order valence-corrected chi connectivity index (χ2v) is 8.48. The van der Waals surface area contributed by atoms with Gasteiger partial charge in [-0.1, -0.05) is 6.07 Å². The number of halogens is 7. The molecule has 0 spiro atoms. The number of amides is 1. The van der Waals surface area contributed by atoms with Crippen LogP contribution in [0.15, 0.2) is 36.4 Å². The number of nitrogens with zero attached hydrogens (tertiary/aromatic N) is 1. The van der Waals surface area contributed by atoms with Crippen molar-refractivity contribution >= 4 is 27.7 Å². The van der Waals surface area contributed by atoms with E-state index in [0.717, 1.165) is 36.6 Å². The Morgan fingerprint density at radius 1 is 1.12 bits per heavy atom. The van der Waals surface area contributed by atoms with Crippen molar-refractivity contribution in [2.75, 3.05) is 17.6 Å². The standard InChI is InChI=1S/C19H16F7N3O4S/c1-34(31,32)29-14-5-2-11(8-13(14)20)9-27-16(30)7-4-12-3-6-15(19(24,25)26)28-17(12)33-10-18(21,22)23/h2-8,29H,9-10H2,1H3,(H,27,30)/b7-4+. The molecule has 2 N–H and O–H groups in total. The minimum Gasteiger partial charge on any atom is -0.468 e. The van der Waals surface area contributed by atoms with E-state index in [1.54, 1.807) is 0 Å². The van der Waals surface area contributed by atoms with E-state index < -0.39 is 52.3 Å². The van der Waals surface area contributed by atoms with Gasteiger partial charge in [0.05, 0.1) is 11.9 Å². The zero-order chi connectivity index (χ0) is 25.7. The smallest absolute Gasteiger partial charge is 0.433 e. The van der Waals surface area contributed by atoms with Crippen LogP contribution >= 0.6 is 0 Å². The normalized spacial score (nSPS) is 12.6. The Morgan fingerprint density at radius 2 is 1.79 bits per heavy atom. The summed E-state index contributed by atoms with van der Waals surface area (Å²) in [5, 5.41) is 2.32. The topological polar surface area (TPSA) is 97.4 Å². The number of anilines is 1. The Bertz CT molecular complexity index is 1180. The summed E-state index contributed by atoms with van der Waals surface area (Å²) in [6.45, 7) is -2.12. The molecule has 0 atom stereocenters. The molecule has 1 aromatic carbocycles. The highest BCUT2D eigenvalue weighted by Gasteiger charge is 2.34. The van der Waals surface area contributed by atoms with Gasteiger partial charge in [-0.2, -0.15) is 26.3 Å². The van der Waals surface area contributed by atoms with E-state index in [0.29, 0.717) is 6.07 Å². The van der Waals surface area contributed by atoms with Crippen LogP contribution in [0.1, 0.15) is 16.8 Å². The number of nitrogens with one attached hydrogen (secondary N) is 2. The van der Waals surface area contributed by atoms with Crippen LogP contribution in [0.4, 0.5) is 36.4 Å². The van der Waals surface area contributed by atoms with Crippen LogP contribution in [-0.4, -0.2) is 38.3 Å². The van der Waals surface area contributed by atoms with Gasteiger partial charge in [-0.05, 0) is 35.9 Å². The van der Waals surface area contributed by atoms with Gasteiger partial charge < -0.3 is 10.1 Å². The minimum absolute atomic E-state index is 0.220. The molecule has 0 unspecified atom stereocenters. The Hall–Kier alpha value is -3.36. The third kappa shape index (κ3) is 8.88. The summed E-state index contributed by atoms with van der Waals surface area (Å²) >= 11 is 0. The molecule has 34 heavy (non-hydrogen) atoms. The average Bonchev–Trinajstić information content (AvgIpc) is 2.69. The number of rotatable bonds is 8. The van der Waals surface area contributed by atoms with Crippen LogP contribution in [0.2, 0.25) is 0 Å². The van der Waals surface area contributed by atoms with Crippen LogP contribution in [0, 0.1) is 5.82 Å². The number of sulfonamides is 1. The molecule has 2 rings (SSSR count). The number of carbonyl (C=O) groups is 1. The maximum atomic E-state index is 14.0. The van der Waals surface area contributed by atoms with Crippen molar-refractivity contribution in [3.8, 4) is 5.88 Å². The monoisotopic (exact) mass is 515 g/mol. The lowest BCUT2D eigenvalue weighted by Gasteiger charge is -2.13. The third-order valence-electron chi connectivity index (χ3n) is 3.76. The molecule has 0 aliphatic rings. The maximum absolute atomic E-state index is 14.0. The van der Waals surface area contributed by atoms with Crippen LogP contribution in [-0.2, 0) is 27.5 Å². The lowest BCUT2D eigenvalue weighted by Crippen LogP contribution is -2.21. The summed E-state index contributed by atoms with van der Waals surface area (Å²) in [6, 6.07) is 4.71. The first kappa shape index (κ1) is 26.9. The van der Waals surface area contributed by atoms with Gasteiger partial charge in [-0.15, -0.1) is 0 Å². The van der Waals surface area contributed by atoms with Gasteiger partial charge in [0.2, 0.25) is 21.8 Å². The number of hydrogen-bond donors (Lipinski definition) is 2. The van der Waals surface area contributed by atoms with Gasteiger partial charge in [-0.25, -0.2) is 17.8 Å². The fourth-order valence-electron chi connectivity index (χ4n) is 2.37. The number of carbonyl (C=O) groups excluding carboxylic acids is 1. The molecule has 0 radical (unpaired) electrons. The maximum Gasteiger partial charge on any atom is 0.433 e. The molecule has 0 aliphatic carbocycles. The van der Waals surface area contributed by atoms with Crippen molar-refractivity contribution in [3.05, 3.63) is 59.0 Å². The van der Waals surface area contributed by atoms with Crippen LogP contribution in [0.5, 0.6) is 5.88 Å². The van der Waals surface area contributed by atoms with Crippen molar-refractivity contribution in [1.29, 1.82) is 0 Å². The highest BCUT2D eigenvalue weighted by molar-refractivity contribution is 7.92. The van der Waals surface area contributed by atoms with Gasteiger partial charge >= 0.3 is 12.4 Å². The summed E-state index contributed by atoms with van der Waals surface area (Å²) < 4.78 is 118. The molecule has 186 valence electrons. The molecule has 0 bridgehead atoms. The van der Waals surface area contributed by atoms with E-state index in [1.165, 1.54) is 6.07 Å². The minimum atomic E-state index is -4.93. The second-order valence-electron chi connectivity index (χ2n) is 6.73. The molecule has 0 saturated carbocycles. The fourth-order valence-corrected chi connectivity index (χ4v) is 2.93. The van der Waals surface area contributed by atoms with E-state index >= 15 is 0 Å². The molecule has 7 nitrogen and oxygen atoms in total. The first-order valence-electron chi connectivity index (χ1n) is 9.03. The van der Waals surface area contributed by atoms with Crippen LogP contribution in [0.25, 0.3) is 6.08 Å². The van der Waals surface area contributed by atoms with E-state index in [4.69, 9.17) is 0 Å². The molecule has 1 aromatic heterocycles. The highest BCUT2D eigenvalue weighted by Crippen LogP contribution is 2.31. The van der Waals surface area contributed by atoms with E-state index in [-0.39, 0.29) is 23.4 Å². The largest absolute Gasteiger partial charge is 0.468 e. The number of benzene rings is 1. The molecule has 0 saturated heterocycles. The molecule has 1 amide bonds. The van der Waals surface area contributed by atoms with Crippen LogP contribution < -0.4 is 14.8 Å². The third-order valence-corrected chi connectivity index (χ3v) is 4.35. The summed E-state index contributed by atoms with van der Waals surface area (Å²) in [6.07, 6.45) is -7.24. The average molecular weight is 515 g/mol. The number of hydrogen-bond acceptors (Lipinski definition) is 5. The Kier molecular flexibility index (Phi) is 8.13. The quantitative estimate of drug-likeness (QED) is 0.411. The molecule has 15 heteroatoms. The lowest BCUT2D eigenvalue weighted by molar-refractivity contribution is -0.154. The van der Waals surface area contributed by atoms with E-state index in [1.807, 2.05) is 4.72 Å². The first-order valence-corrected chi connectivity index (χ1v) is 10.9. The van der Waals surface area contributed by atoms with Gasteiger partial charge in [0.15, 0.2) is 6.61 Å². The van der Waals surface area contributed by atoms with Gasteiger partial charge in [0.1, 0.15) is 11.5 Å². The molecule has 2 aromatic rings. The number of alkyl halides is 6. The van der Waals surface area contributed by atoms with Crippen molar-refractivity contribution in [2.24, 2.45) is 0 Å². The SMILES string of the molecule is CS(=O)(=O)Nc1ccc(CNC(=O)/C=C/c2ccc(C(F)(F)F)nc2OCC(F)(F)F)cc1F. The Labute approximate surface area is 188 Å². The van der Waals surface area contributed by atoms with Crippen molar-refractivity contribution in [1.82, 2.24) is 10.3 Å². The zero-order valence-electron chi connectivity index (χ0n) is 17.1. The molecule has 0 fully saturated rings. The molecular formula is C19H16F7N3O4S. The second kappa shape index (κ2) is 10.3. The molecule has 1 heterocycles. The van der Waals surface area contributed by atoms with Crippen molar-refractivity contribution in [3.63, 3.8) is 0 Å². The number of ether oxygens (including phenoxy) is 1. The predicted octanol–water partition coefficient (Wildman–Crippen LogP) is 3.88.